The van der Waals surface area contributed by atoms with Gasteiger partial charge in [0, 0.05) is 20.2 Å². The summed E-state index contributed by atoms with van der Waals surface area (Å²) in [6, 6.07) is 5.78. The Morgan fingerprint density at radius 3 is 2.63 bits per heavy atom. The normalized spacial score (nSPS) is 11.3. The van der Waals surface area contributed by atoms with Crippen LogP contribution >= 0.6 is 0 Å². The van der Waals surface area contributed by atoms with Gasteiger partial charge >= 0.3 is 5.97 Å². The molecule has 0 bridgehead atoms. The molecule has 100 valence electrons. The third-order valence-corrected chi connectivity index (χ3v) is 2.36. The van der Waals surface area contributed by atoms with E-state index in [4.69, 9.17) is 10.00 Å². The first-order chi connectivity index (χ1) is 8.86. The van der Waals surface area contributed by atoms with Gasteiger partial charge in [0.05, 0.1) is 10.5 Å². The molecule has 0 heterocycles. The number of nitro benzene ring substituents is 1. The van der Waals surface area contributed by atoms with Gasteiger partial charge in [-0.15, -0.1) is 0 Å². The number of carbonyl (C=O) groups is 1. The first-order valence-electron chi connectivity index (χ1n) is 5.43. The minimum Gasteiger partial charge on any atom is -0.444 e. The summed E-state index contributed by atoms with van der Waals surface area (Å²) < 4.78 is 4.78. The van der Waals surface area contributed by atoms with Crippen LogP contribution in [-0.4, -0.2) is 31.1 Å². The summed E-state index contributed by atoms with van der Waals surface area (Å²) >= 11 is 0. The summed E-state index contributed by atoms with van der Waals surface area (Å²) in [5.41, 5.74) is 0.235. The zero-order chi connectivity index (χ0) is 14.6. The Balaban J connectivity index is 3.13. The van der Waals surface area contributed by atoms with Crippen molar-refractivity contribution in [3.8, 4) is 6.07 Å². The van der Waals surface area contributed by atoms with Crippen molar-refractivity contribution in [1.82, 2.24) is 0 Å². The Labute approximate surface area is 110 Å². The molecule has 0 N–H and O–H groups in total. The molecule has 0 fully saturated rings. The third-order valence-electron chi connectivity index (χ3n) is 2.36. The smallest absolute Gasteiger partial charge is 0.339 e. The number of hydrogen-bond acceptors (Lipinski definition) is 6. The summed E-state index contributed by atoms with van der Waals surface area (Å²) in [4.78, 5) is 23.6. The fourth-order valence-electron chi connectivity index (χ4n) is 1.43. The summed E-state index contributed by atoms with van der Waals surface area (Å²) in [7, 11) is 3.33. The summed E-state index contributed by atoms with van der Waals surface area (Å²) in [5.74, 6) is -0.762. The molecule has 1 aromatic carbocycles. The van der Waals surface area contributed by atoms with Gasteiger partial charge in [-0.1, -0.05) is 0 Å². The van der Waals surface area contributed by atoms with Crippen molar-refractivity contribution in [2.45, 2.75) is 13.0 Å². The highest BCUT2D eigenvalue weighted by molar-refractivity contribution is 5.91. The number of nitriles is 1. The molecule has 0 spiro atoms. The number of benzene rings is 1. The quantitative estimate of drug-likeness (QED) is 0.466. The molecule has 1 atom stereocenters. The van der Waals surface area contributed by atoms with Crippen LogP contribution in [0.2, 0.25) is 0 Å². The van der Waals surface area contributed by atoms with Crippen molar-refractivity contribution >= 4 is 17.3 Å². The molecule has 1 rings (SSSR count). The lowest BCUT2D eigenvalue weighted by Gasteiger charge is -2.13. The Hall–Kier alpha value is -2.62. The van der Waals surface area contributed by atoms with E-state index < -0.39 is 17.0 Å². The van der Waals surface area contributed by atoms with Gasteiger partial charge in [0.1, 0.15) is 11.8 Å². The zero-order valence-corrected chi connectivity index (χ0v) is 10.8. The number of nitro groups is 1. The molecule has 0 aliphatic heterocycles. The molecule has 0 aliphatic carbocycles. The minimum atomic E-state index is -0.903. The predicted octanol–water partition coefficient (Wildman–Crippen LogP) is 1.73. The molecule has 1 aromatic rings. The number of esters is 1. The highest BCUT2D eigenvalue weighted by atomic mass is 16.6. The lowest BCUT2D eigenvalue weighted by molar-refractivity contribution is -0.384. The van der Waals surface area contributed by atoms with Crippen molar-refractivity contribution in [3.05, 3.63) is 33.9 Å². The maximum Gasteiger partial charge on any atom is 0.339 e. The summed E-state index contributed by atoms with van der Waals surface area (Å²) in [6.07, 6.45) is -0.903. The SMILES string of the molecule is C[C@@H](C#N)OC(=O)c1ccc(N(C)C)c([N+](=O)[O-])c1. The molecule has 19 heavy (non-hydrogen) atoms. The van der Waals surface area contributed by atoms with E-state index in [1.807, 2.05) is 0 Å². The van der Waals surface area contributed by atoms with Crippen LogP contribution in [0.15, 0.2) is 18.2 Å². The molecule has 0 saturated heterocycles. The van der Waals surface area contributed by atoms with E-state index in [2.05, 4.69) is 0 Å². The average Bonchev–Trinajstić information content (AvgIpc) is 2.37. The van der Waals surface area contributed by atoms with Crippen molar-refractivity contribution in [1.29, 1.82) is 5.26 Å². The number of nitrogens with zero attached hydrogens (tertiary/aromatic N) is 3. The number of hydrogen-bond donors (Lipinski definition) is 0. The molecule has 0 radical (unpaired) electrons. The predicted molar refractivity (Wildman–Crippen MR) is 67.9 cm³/mol. The van der Waals surface area contributed by atoms with Crippen LogP contribution in [0.5, 0.6) is 0 Å². The van der Waals surface area contributed by atoms with Gasteiger partial charge in [-0.3, -0.25) is 10.1 Å². The minimum absolute atomic E-state index is 0.0411. The maximum atomic E-state index is 11.7. The van der Waals surface area contributed by atoms with E-state index in [1.165, 1.54) is 19.1 Å². The van der Waals surface area contributed by atoms with Crippen LogP contribution in [0.4, 0.5) is 11.4 Å². The van der Waals surface area contributed by atoms with E-state index in [0.29, 0.717) is 5.69 Å². The number of anilines is 1. The summed E-state index contributed by atoms with van der Waals surface area (Å²) in [6.45, 7) is 1.42. The highest BCUT2D eigenvalue weighted by Gasteiger charge is 2.20. The second kappa shape index (κ2) is 5.82. The monoisotopic (exact) mass is 263 g/mol. The summed E-state index contributed by atoms with van der Waals surface area (Å²) in [5, 5.41) is 19.5. The third kappa shape index (κ3) is 3.42. The van der Waals surface area contributed by atoms with E-state index in [-0.39, 0.29) is 11.3 Å². The van der Waals surface area contributed by atoms with E-state index in [0.717, 1.165) is 6.07 Å². The molecule has 0 aromatic heterocycles. The fourth-order valence-corrected chi connectivity index (χ4v) is 1.43. The maximum absolute atomic E-state index is 11.7. The van der Waals surface area contributed by atoms with Crippen molar-refractivity contribution in [2.24, 2.45) is 0 Å². The lowest BCUT2D eigenvalue weighted by Crippen LogP contribution is -2.15. The second-order valence-electron chi connectivity index (χ2n) is 4.03. The van der Waals surface area contributed by atoms with Crippen LogP contribution < -0.4 is 4.90 Å². The molecular formula is C12H13N3O4. The number of carbonyl (C=O) groups excluding carboxylic acids is 1. The Kier molecular flexibility index (Phi) is 4.42. The second-order valence-corrected chi connectivity index (χ2v) is 4.03. The molecular weight excluding hydrogens is 250 g/mol. The fraction of sp³-hybridized carbons (Fsp3) is 0.333. The van der Waals surface area contributed by atoms with Gasteiger partial charge in [-0.25, -0.2) is 4.79 Å². The van der Waals surface area contributed by atoms with E-state index in [1.54, 1.807) is 25.1 Å². The van der Waals surface area contributed by atoms with Crippen LogP contribution in [0.25, 0.3) is 0 Å². The molecule has 7 heteroatoms. The zero-order valence-electron chi connectivity index (χ0n) is 10.8. The molecule has 0 aliphatic rings. The van der Waals surface area contributed by atoms with Gasteiger partial charge in [0.2, 0.25) is 0 Å². The van der Waals surface area contributed by atoms with Crippen molar-refractivity contribution in [2.75, 3.05) is 19.0 Å². The van der Waals surface area contributed by atoms with Crippen molar-refractivity contribution in [3.63, 3.8) is 0 Å². The van der Waals surface area contributed by atoms with Gasteiger partial charge in [-0.05, 0) is 19.1 Å². The Bertz CT molecular complexity index is 548. The van der Waals surface area contributed by atoms with Crippen LogP contribution in [0, 0.1) is 21.4 Å². The van der Waals surface area contributed by atoms with Gasteiger partial charge in [0.25, 0.3) is 5.69 Å². The lowest BCUT2D eigenvalue weighted by atomic mass is 10.1. The van der Waals surface area contributed by atoms with Crippen LogP contribution in [0.1, 0.15) is 17.3 Å². The number of rotatable bonds is 4. The number of ether oxygens (including phenoxy) is 1. The van der Waals surface area contributed by atoms with E-state index >= 15 is 0 Å². The van der Waals surface area contributed by atoms with Gasteiger partial charge < -0.3 is 9.64 Å². The van der Waals surface area contributed by atoms with Gasteiger partial charge in [-0.2, -0.15) is 5.26 Å². The topological polar surface area (TPSA) is 96.5 Å². The highest BCUT2D eigenvalue weighted by Crippen LogP contribution is 2.28. The van der Waals surface area contributed by atoms with Crippen molar-refractivity contribution < 1.29 is 14.5 Å². The largest absolute Gasteiger partial charge is 0.444 e. The van der Waals surface area contributed by atoms with Crippen LogP contribution in [-0.2, 0) is 4.74 Å². The molecule has 7 nitrogen and oxygen atoms in total. The molecule has 0 amide bonds. The molecule has 0 saturated carbocycles. The van der Waals surface area contributed by atoms with E-state index in [9.17, 15) is 14.9 Å². The van der Waals surface area contributed by atoms with Gasteiger partial charge in [0.15, 0.2) is 6.10 Å². The Morgan fingerprint density at radius 1 is 1.53 bits per heavy atom. The standard InChI is InChI=1S/C12H13N3O4/c1-8(7-13)19-12(16)9-4-5-10(14(2)3)11(6-9)15(17)18/h4-6,8H,1-3H3/t8-/m0/s1. The molecule has 0 unspecified atom stereocenters. The first-order valence-corrected chi connectivity index (χ1v) is 5.43. The van der Waals surface area contributed by atoms with Crippen LogP contribution in [0.3, 0.4) is 0 Å². The first kappa shape index (κ1) is 14.4. The Morgan fingerprint density at radius 2 is 2.16 bits per heavy atom. The average molecular weight is 263 g/mol.